The quantitative estimate of drug-likeness (QED) is 0.128. The van der Waals surface area contributed by atoms with Crippen molar-refractivity contribution in [2.45, 2.75) is 33.1 Å². The normalized spacial score (nSPS) is 13.8. The fourth-order valence-electron chi connectivity index (χ4n) is 4.07. The van der Waals surface area contributed by atoms with Crippen molar-refractivity contribution in [3.63, 3.8) is 0 Å². The van der Waals surface area contributed by atoms with E-state index in [0.717, 1.165) is 5.69 Å². The molecule has 30 heavy (non-hydrogen) atoms. The molecule has 2 heterocycles. The summed E-state index contributed by atoms with van der Waals surface area (Å²) in [6.07, 6.45) is 3.13. The molecule has 0 bridgehead atoms. The summed E-state index contributed by atoms with van der Waals surface area (Å²) in [5.41, 5.74) is 5.01. The van der Waals surface area contributed by atoms with Crippen LogP contribution in [0.1, 0.15) is 38.8 Å². The van der Waals surface area contributed by atoms with Gasteiger partial charge in [-0.05, 0) is 13.8 Å². The molecule has 2 aromatic heterocycles. The molecular weight excluding hydrogens is 617 g/mol. The first-order valence-corrected chi connectivity index (χ1v) is 11.2. The number of hydrogen-bond donors (Lipinski definition) is 1. The SMILES string of the molecule is CC(=O)/C=C(/C)O.CC1(C)c2ccc[c-]c2-c2nccc3[se]c4cccc1c4c23.[Ir]. The number of aromatic nitrogens is 1. The van der Waals surface area contributed by atoms with E-state index < -0.39 is 0 Å². The first-order chi connectivity index (χ1) is 13.8. The molecular formula is C25H22IrNO2Se-. The minimum absolute atomic E-state index is 0. The van der Waals surface area contributed by atoms with Gasteiger partial charge in [-0.1, -0.05) is 0 Å². The Morgan fingerprint density at radius 1 is 1.07 bits per heavy atom. The molecule has 0 unspecified atom stereocenters. The monoisotopic (exact) mass is 641 g/mol. The number of pyridine rings is 1. The average molecular weight is 640 g/mol. The Bertz CT molecular complexity index is 1280. The summed E-state index contributed by atoms with van der Waals surface area (Å²) in [7, 11) is 0. The van der Waals surface area contributed by atoms with Gasteiger partial charge in [0, 0.05) is 26.2 Å². The summed E-state index contributed by atoms with van der Waals surface area (Å²) >= 11 is 0.390. The molecule has 5 rings (SSSR count). The fraction of sp³-hybridized carbons (Fsp3) is 0.200. The molecule has 0 spiro atoms. The van der Waals surface area contributed by atoms with Crippen molar-refractivity contribution < 1.29 is 30.0 Å². The number of fused-ring (bicyclic) bond motifs is 2. The standard InChI is InChI=1S/C20H14NSe.C5H8O2.Ir/c1-20(2)13-7-4-3-6-12(13)19-18-16(10-11-21-19)22-15-9-5-8-14(20)17(15)18;1-4(6)3-5(2)7;/h3-5,7-11H,1-2H3;3,6H,1-2H3;/q-1;;/b;4-3-;. The van der Waals surface area contributed by atoms with Gasteiger partial charge < -0.3 is 5.11 Å². The number of rotatable bonds is 1. The Balaban J connectivity index is 0.000000281. The van der Waals surface area contributed by atoms with Crippen molar-refractivity contribution in [1.82, 2.24) is 4.98 Å². The second kappa shape index (κ2) is 8.61. The molecule has 0 saturated heterocycles. The van der Waals surface area contributed by atoms with E-state index in [1.54, 1.807) is 0 Å². The van der Waals surface area contributed by atoms with Crippen LogP contribution in [0.4, 0.5) is 0 Å². The number of allylic oxidation sites excluding steroid dienone is 2. The van der Waals surface area contributed by atoms with Gasteiger partial charge >= 0.3 is 135 Å². The van der Waals surface area contributed by atoms with Gasteiger partial charge in [0.15, 0.2) is 5.78 Å². The van der Waals surface area contributed by atoms with Crippen LogP contribution in [0.5, 0.6) is 0 Å². The van der Waals surface area contributed by atoms with Gasteiger partial charge in [0.1, 0.15) is 0 Å². The van der Waals surface area contributed by atoms with Crippen molar-refractivity contribution >= 4 is 39.6 Å². The summed E-state index contributed by atoms with van der Waals surface area (Å²) in [5, 5.41) is 11.2. The third kappa shape index (κ3) is 3.84. The number of aliphatic hydroxyl groups is 1. The first-order valence-electron chi connectivity index (χ1n) is 9.51. The zero-order valence-corrected chi connectivity index (χ0v) is 21.3. The van der Waals surface area contributed by atoms with Crippen molar-refractivity contribution in [2.75, 3.05) is 0 Å². The summed E-state index contributed by atoms with van der Waals surface area (Å²) in [5.74, 6) is -0.0625. The van der Waals surface area contributed by atoms with Crippen LogP contribution >= 0.6 is 0 Å². The number of nitrogens with zero attached hydrogens (tertiary/aromatic N) is 1. The molecule has 155 valence electrons. The maximum Gasteiger partial charge on any atom is 0 e. The Hall–Kier alpha value is -2.03. The van der Waals surface area contributed by atoms with Crippen LogP contribution < -0.4 is 0 Å². The van der Waals surface area contributed by atoms with Gasteiger partial charge in [-0.3, -0.25) is 4.79 Å². The predicted octanol–water partition coefficient (Wildman–Crippen LogP) is 5.59. The summed E-state index contributed by atoms with van der Waals surface area (Å²) in [6, 6.07) is 18.8. The first kappa shape index (κ1) is 22.6. The van der Waals surface area contributed by atoms with E-state index in [1.807, 2.05) is 12.3 Å². The van der Waals surface area contributed by atoms with Crippen LogP contribution in [-0.2, 0) is 30.3 Å². The van der Waals surface area contributed by atoms with Gasteiger partial charge in [-0.15, -0.1) is 0 Å². The summed E-state index contributed by atoms with van der Waals surface area (Å²) in [4.78, 5) is 14.8. The van der Waals surface area contributed by atoms with Gasteiger partial charge in [0.05, 0.1) is 5.76 Å². The molecule has 0 amide bonds. The van der Waals surface area contributed by atoms with E-state index in [-0.39, 0.29) is 37.1 Å². The minimum atomic E-state index is -0.125. The van der Waals surface area contributed by atoms with Gasteiger partial charge in [-0.25, -0.2) is 0 Å². The molecule has 1 aliphatic rings. The van der Waals surface area contributed by atoms with Crippen molar-refractivity contribution in [3.05, 3.63) is 77.7 Å². The zero-order valence-electron chi connectivity index (χ0n) is 17.2. The van der Waals surface area contributed by atoms with E-state index in [2.05, 4.69) is 56.3 Å². The molecule has 0 atom stereocenters. The molecule has 0 aliphatic heterocycles. The molecule has 1 radical (unpaired) electrons. The Morgan fingerprint density at radius 2 is 1.77 bits per heavy atom. The van der Waals surface area contributed by atoms with E-state index in [1.165, 1.54) is 55.9 Å². The average Bonchev–Trinajstić information content (AvgIpc) is 3.02. The van der Waals surface area contributed by atoms with E-state index in [0.29, 0.717) is 14.5 Å². The van der Waals surface area contributed by atoms with Gasteiger partial charge in [-0.2, -0.15) is 0 Å². The number of hydrogen-bond acceptors (Lipinski definition) is 3. The Morgan fingerprint density at radius 3 is 2.43 bits per heavy atom. The molecule has 1 aliphatic carbocycles. The van der Waals surface area contributed by atoms with Gasteiger partial charge in [0.25, 0.3) is 0 Å². The zero-order chi connectivity index (χ0) is 20.8. The van der Waals surface area contributed by atoms with Crippen molar-refractivity contribution in [2.24, 2.45) is 0 Å². The molecule has 0 saturated carbocycles. The number of benzene rings is 2. The molecule has 0 fully saturated rings. The van der Waals surface area contributed by atoms with Crippen LogP contribution in [0.3, 0.4) is 0 Å². The van der Waals surface area contributed by atoms with Crippen molar-refractivity contribution in [1.29, 1.82) is 0 Å². The second-order valence-corrected chi connectivity index (χ2v) is 10.1. The second-order valence-electron chi connectivity index (χ2n) is 7.79. The maximum atomic E-state index is 10.0. The van der Waals surface area contributed by atoms with E-state index in [4.69, 9.17) is 10.1 Å². The molecule has 1 N–H and O–H groups in total. The summed E-state index contributed by atoms with van der Waals surface area (Å²) in [6.45, 7) is 7.50. The number of carbonyl (C=O) groups excluding carboxylic acids is 1. The third-order valence-corrected chi connectivity index (χ3v) is 7.61. The molecule has 4 aromatic rings. The molecule has 2 aromatic carbocycles. The molecule has 5 heteroatoms. The van der Waals surface area contributed by atoms with Crippen molar-refractivity contribution in [3.8, 4) is 11.3 Å². The predicted molar refractivity (Wildman–Crippen MR) is 120 cm³/mol. The molecule has 3 nitrogen and oxygen atoms in total. The van der Waals surface area contributed by atoms with Crippen LogP contribution in [0, 0.1) is 6.07 Å². The van der Waals surface area contributed by atoms with E-state index >= 15 is 0 Å². The smallest absolute Gasteiger partial charge is 0 e. The summed E-state index contributed by atoms with van der Waals surface area (Å²) < 4.78 is 2.95. The Kier molecular flexibility index (Phi) is 6.50. The minimum Gasteiger partial charge on any atom is 0 e. The largest absolute Gasteiger partial charge is 0 e. The number of carbonyl (C=O) groups is 1. The topological polar surface area (TPSA) is 50.2 Å². The van der Waals surface area contributed by atoms with Crippen LogP contribution in [0.15, 0.2) is 60.5 Å². The van der Waals surface area contributed by atoms with Crippen LogP contribution in [-0.4, -0.2) is 30.4 Å². The Labute approximate surface area is 195 Å². The van der Waals surface area contributed by atoms with Crippen LogP contribution in [0.2, 0.25) is 0 Å². The number of ketones is 1. The van der Waals surface area contributed by atoms with E-state index in [9.17, 15) is 4.79 Å². The maximum absolute atomic E-state index is 10.0. The fourth-order valence-corrected chi connectivity index (χ4v) is 6.43. The number of aliphatic hydroxyl groups excluding tert-OH is 1. The van der Waals surface area contributed by atoms with Crippen LogP contribution in [0.25, 0.3) is 30.6 Å². The third-order valence-electron chi connectivity index (χ3n) is 5.26. The van der Waals surface area contributed by atoms with Gasteiger partial charge in [0.2, 0.25) is 0 Å².